The van der Waals surface area contributed by atoms with Gasteiger partial charge >= 0.3 is 0 Å². The molecule has 1 unspecified atom stereocenters. The van der Waals surface area contributed by atoms with E-state index < -0.39 is 21.7 Å². The van der Waals surface area contributed by atoms with E-state index in [-0.39, 0.29) is 12.8 Å². The Balaban J connectivity index is 4.61. The van der Waals surface area contributed by atoms with Crippen LogP contribution in [0.25, 0.3) is 0 Å². The minimum atomic E-state index is -4.48. The van der Waals surface area contributed by atoms with Crippen LogP contribution in [0.1, 0.15) is 19.8 Å². The first-order valence-electron chi connectivity index (χ1n) is 3.17. The Kier molecular flexibility index (Phi) is 3.43. The monoisotopic (exact) mass is 184 g/mol. The van der Waals surface area contributed by atoms with Gasteiger partial charge in [-0.3, -0.25) is 4.55 Å². The zero-order valence-electron chi connectivity index (χ0n) is 6.19. The molecule has 0 amide bonds. The zero-order chi connectivity index (χ0) is 9.12. The van der Waals surface area contributed by atoms with Crippen molar-refractivity contribution in [1.29, 1.82) is 0 Å². The highest BCUT2D eigenvalue weighted by molar-refractivity contribution is 7.87. The van der Waals surface area contributed by atoms with Crippen molar-refractivity contribution in [3.05, 3.63) is 0 Å². The number of hydrogen-bond acceptors (Lipinski definition) is 4. The molecule has 1 atom stereocenters. The molecule has 0 aliphatic rings. The summed E-state index contributed by atoms with van der Waals surface area (Å²) in [6.07, 6.45) is -0.519. The second kappa shape index (κ2) is 3.48. The molecule has 0 fully saturated rings. The van der Waals surface area contributed by atoms with Crippen LogP contribution in [0, 0.1) is 0 Å². The van der Waals surface area contributed by atoms with Crippen LogP contribution in [0.15, 0.2) is 0 Å². The van der Waals surface area contributed by atoms with Gasteiger partial charge in [0.2, 0.25) is 0 Å². The van der Waals surface area contributed by atoms with Gasteiger partial charge in [0.15, 0.2) is 4.93 Å². The van der Waals surface area contributed by atoms with E-state index >= 15 is 0 Å². The Labute approximate surface area is 65.4 Å². The summed E-state index contributed by atoms with van der Waals surface area (Å²) in [6.45, 7) is 0.924. The molecule has 3 N–H and O–H groups in total. The van der Waals surface area contributed by atoms with Crippen LogP contribution in [0.2, 0.25) is 0 Å². The highest BCUT2D eigenvalue weighted by Gasteiger charge is 2.38. The molecule has 0 aromatic heterocycles. The van der Waals surface area contributed by atoms with E-state index in [1.165, 1.54) is 6.92 Å². The molecule has 0 aromatic rings. The average molecular weight is 184 g/mol. The lowest BCUT2D eigenvalue weighted by Gasteiger charge is -2.21. The van der Waals surface area contributed by atoms with Crippen molar-refractivity contribution in [2.75, 3.05) is 6.61 Å². The Morgan fingerprint density at radius 2 is 1.91 bits per heavy atom. The lowest BCUT2D eigenvalue weighted by molar-refractivity contribution is 0.0781. The van der Waals surface area contributed by atoms with Gasteiger partial charge in [0, 0.05) is 13.0 Å². The van der Waals surface area contributed by atoms with E-state index in [9.17, 15) is 8.42 Å². The molecule has 68 valence electrons. The summed E-state index contributed by atoms with van der Waals surface area (Å²) in [5, 5.41) is 17.5. The Hall–Kier alpha value is -0.170. The van der Waals surface area contributed by atoms with Gasteiger partial charge in [-0.2, -0.15) is 8.42 Å². The van der Waals surface area contributed by atoms with Crippen LogP contribution in [0.5, 0.6) is 0 Å². The SMILES string of the molecule is CCC(O)(CCO)S(=O)(=O)O. The normalized spacial score (nSPS) is 17.8. The van der Waals surface area contributed by atoms with Crippen molar-refractivity contribution in [2.24, 2.45) is 0 Å². The standard InChI is InChI=1S/C5H12O5S/c1-2-5(7,3-4-6)11(8,9)10/h6-7H,2-4H2,1H3,(H,8,9,10). The molecule has 0 heterocycles. The van der Waals surface area contributed by atoms with Crippen molar-refractivity contribution < 1.29 is 23.2 Å². The molecule has 0 saturated carbocycles. The summed E-state index contributed by atoms with van der Waals surface area (Å²) < 4.78 is 29.4. The van der Waals surface area contributed by atoms with Crippen molar-refractivity contribution in [1.82, 2.24) is 0 Å². The molecule has 0 bridgehead atoms. The van der Waals surface area contributed by atoms with E-state index in [4.69, 9.17) is 14.8 Å². The molecule has 0 spiro atoms. The topological polar surface area (TPSA) is 94.8 Å². The van der Waals surface area contributed by atoms with Crippen LogP contribution < -0.4 is 0 Å². The zero-order valence-corrected chi connectivity index (χ0v) is 7.00. The fourth-order valence-electron chi connectivity index (χ4n) is 0.663. The third kappa shape index (κ3) is 2.41. The van der Waals surface area contributed by atoms with Gasteiger partial charge in [0.25, 0.3) is 10.1 Å². The van der Waals surface area contributed by atoms with E-state index in [0.29, 0.717) is 0 Å². The fourth-order valence-corrected chi connectivity index (χ4v) is 1.38. The molecule has 0 radical (unpaired) electrons. The van der Waals surface area contributed by atoms with E-state index in [1.54, 1.807) is 0 Å². The van der Waals surface area contributed by atoms with Gasteiger partial charge in [-0.25, -0.2) is 0 Å². The quantitative estimate of drug-likeness (QED) is 0.505. The smallest absolute Gasteiger partial charge is 0.295 e. The van der Waals surface area contributed by atoms with Crippen molar-refractivity contribution in [3.8, 4) is 0 Å². The van der Waals surface area contributed by atoms with Crippen LogP contribution in [0.3, 0.4) is 0 Å². The average Bonchev–Trinajstić information content (AvgIpc) is 1.86. The molecule has 11 heavy (non-hydrogen) atoms. The first-order chi connectivity index (χ1) is 4.87. The van der Waals surface area contributed by atoms with Gasteiger partial charge in [0.05, 0.1) is 0 Å². The van der Waals surface area contributed by atoms with Crippen molar-refractivity contribution >= 4 is 10.1 Å². The molecular weight excluding hydrogens is 172 g/mol. The highest BCUT2D eigenvalue weighted by Crippen LogP contribution is 2.20. The molecule has 0 aliphatic heterocycles. The van der Waals surface area contributed by atoms with Gasteiger partial charge in [-0.1, -0.05) is 6.92 Å². The summed E-state index contributed by atoms with van der Waals surface area (Å²) in [5.74, 6) is 0. The first kappa shape index (κ1) is 10.8. The lowest BCUT2D eigenvalue weighted by atomic mass is 10.2. The molecular formula is C5H12O5S. The third-order valence-corrected chi connectivity index (χ3v) is 2.99. The molecule has 5 nitrogen and oxygen atoms in total. The predicted octanol–water partition coefficient (Wildman–Crippen LogP) is -0.645. The molecule has 0 rings (SSSR count). The Morgan fingerprint density at radius 1 is 1.45 bits per heavy atom. The summed E-state index contributed by atoms with van der Waals surface area (Å²) >= 11 is 0. The summed E-state index contributed by atoms with van der Waals surface area (Å²) in [4.78, 5) is -2.19. The van der Waals surface area contributed by atoms with Gasteiger partial charge < -0.3 is 10.2 Å². The van der Waals surface area contributed by atoms with Crippen LogP contribution in [-0.2, 0) is 10.1 Å². The van der Waals surface area contributed by atoms with Crippen molar-refractivity contribution in [2.45, 2.75) is 24.7 Å². The minimum Gasteiger partial charge on any atom is -0.396 e. The molecule has 0 aliphatic carbocycles. The van der Waals surface area contributed by atoms with Gasteiger partial charge in [0.1, 0.15) is 0 Å². The third-order valence-electron chi connectivity index (χ3n) is 1.54. The maximum atomic E-state index is 10.5. The minimum absolute atomic E-state index is 0.146. The van der Waals surface area contributed by atoms with Crippen LogP contribution in [-0.4, -0.2) is 34.7 Å². The predicted molar refractivity (Wildman–Crippen MR) is 38.5 cm³/mol. The number of rotatable bonds is 4. The molecule has 6 heteroatoms. The van der Waals surface area contributed by atoms with Gasteiger partial charge in [-0.15, -0.1) is 0 Å². The van der Waals surface area contributed by atoms with Crippen molar-refractivity contribution in [3.63, 3.8) is 0 Å². The summed E-state index contributed by atoms with van der Waals surface area (Å²) in [5.41, 5.74) is 0. The second-order valence-electron chi connectivity index (χ2n) is 2.25. The second-order valence-corrected chi connectivity index (χ2v) is 3.96. The van der Waals surface area contributed by atoms with Crippen LogP contribution in [0.4, 0.5) is 0 Å². The van der Waals surface area contributed by atoms with Crippen LogP contribution >= 0.6 is 0 Å². The Bertz CT molecular complexity index is 209. The maximum Gasteiger partial charge on any atom is 0.295 e. The number of aliphatic hydroxyl groups excluding tert-OH is 1. The number of hydrogen-bond donors (Lipinski definition) is 3. The van der Waals surface area contributed by atoms with E-state index in [1.807, 2.05) is 0 Å². The lowest BCUT2D eigenvalue weighted by Crippen LogP contribution is -2.38. The van der Waals surface area contributed by atoms with E-state index in [0.717, 1.165) is 0 Å². The fraction of sp³-hybridized carbons (Fsp3) is 1.00. The maximum absolute atomic E-state index is 10.5. The molecule has 0 aromatic carbocycles. The van der Waals surface area contributed by atoms with Gasteiger partial charge in [-0.05, 0) is 6.42 Å². The highest BCUT2D eigenvalue weighted by atomic mass is 32.2. The Morgan fingerprint density at radius 3 is 2.00 bits per heavy atom. The largest absolute Gasteiger partial charge is 0.396 e. The number of aliphatic hydroxyl groups is 2. The summed E-state index contributed by atoms with van der Waals surface area (Å²) in [6, 6.07) is 0. The first-order valence-corrected chi connectivity index (χ1v) is 4.61. The summed E-state index contributed by atoms with van der Waals surface area (Å²) in [7, 11) is -4.48. The molecule has 0 saturated heterocycles. The van der Waals surface area contributed by atoms with E-state index in [2.05, 4.69) is 0 Å².